The molecule has 0 saturated carbocycles. The Morgan fingerprint density at radius 1 is 0.968 bits per heavy atom. The lowest BCUT2D eigenvalue weighted by Gasteiger charge is -2.14. The first-order valence-electron chi connectivity index (χ1n) is 9.38. The summed E-state index contributed by atoms with van der Waals surface area (Å²) in [5.41, 5.74) is 1.04. The van der Waals surface area contributed by atoms with Crippen molar-refractivity contribution in [3.63, 3.8) is 0 Å². The minimum Gasteiger partial charge on any atom is -0.268 e. The third kappa shape index (κ3) is 4.11. The van der Waals surface area contributed by atoms with Gasteiger partial charge in [0.1, 0.15) is 5.82 Å². The van der Waals surface area contributed by atoms with Crippen molar-refractivity contribution in [2.75, 3.05) is 0 Å². The van der Waals surface area contributed by atoms with Crippen LogP contribution in [0.4, 0.5) is 13.2 Å². The molecule has 4 rings (SSSR count). The number of alkyl halides is 3. The number of rotatable bonds is 3. The van der Waals surface area contributed by atoms with Gasteiger partial charge in [0.15, 0.2) is 0 Å². The van der Waals surface area contributed by atoms with Crippen LogP contribution in [0, 0.1) is 6.92 Å². The standard InChI is InChI=1S/C24H16ClF3N2O/c1-15-19(25)9-5-11-21(15)30-22(29-20-10-3-2-8-18(20)23(30)31)13-12-16-6-4-7-17(14-16)24(26,27)28/h2-14H,1H3/b13-12-. The molecule has 0 N–H and O–H groups in total. The fraction of sp³-hybridized carbons (Fsp3) is 0.0833. The fourth-order valence-electron chi connectivity index (χ4n) is 3.32. The maximum Gasteiger partial charge on any atom is 0.416 e. The molecule has 1 aromatic heterocycles. The van der Waals surface area contributed by atoms with Crippen molar-refractivity contribution in [3.05, 3.63) is 105 Å². The molecule has 3 aromatic carbocycles. The number of halogens is 4. The van der Waals surface area contributed by atoms with Crippen LogP contribution in [0.2, 0.25) is 5.02 Å². The van der Waals surface area contributed by atoms with E-state index < -0.39 is 11.7 Å². The quantitative estimate of drug-likeness (QED) is 0.362. The van der Waals surface area contributed by atoms with Crippen molar-refractivity contribution in [3.8, 4) is 5.69 Å². The molecule has 0 saturated heterocycles. The zero-order chi connectivity index (χ0) is 22.2. The second kappa shape index (κ2) is 8.04. The minimum atomic E-state index is -4.44. The SMILES string of the molecule is Cc1c(Cl)cccc1-n1c(/C=C\c2cccc(C(F)(F)F)c2)nc2ccccc2c1=O. The van der Waals surface area contributed by atoms with E-state index in [1.54, 1.807) is 55.5 Å². The number of fused-ring (bicyclic) bond motifs is 1. The summed E-state index contributed by atoms with van der Waals surface area (Å²) in [6.07, 6.45) is -1.41. The molecule has 0 bridgehead atoms. The third-order valence-electron chi connectivity index (χ3n) is 4.92. The predicted molar refractivity (Wildman–Crippen MR) is 117 cm³/mol. The lowest BCUT2D eigenvalue weighted by molar-refractivity contribution is -0.137. The van der Waals surface area contributed by atoms with Crippen molar-refractivity contribution in [2.24, 2.45) is 0 Å². The Labute approximate surface area is 181 Å². The summed E-state index contributed by atoms with van der Waals surface area (Å²) in [5, 5.41) is 0.920. The first-order chi connectivity index (χ1) is 14.8. The number of para-hydroxylation sites is 1. The highest BCUT2D eigenvalue weighted by Crippen LogP contribution is 2.30. The number of aromatic nitrogens is 2. The van der Waals surface area contributed by atoms with Gasteiger partial charge in [0.2, 0.25) is 0 Å². The van der Waals surface area contributed by atoms with Gasteiger partial charge in [0.05, 0.1) is 22.2 Å². The average Bonchev–Trinajstić information content (AvgIpc) is 2.74. The molecule has 3 nitrogen and oxygen atoms in total. The largest absolute Gasteiger partial charge is 0.416 e. The molecule has 156 valence electrons. The Morgan fingerprint density at radius 3 is 2.48 bits per heavy atom. The van der Waals surface area contributed by atoms with Crippen molar-refractivity contribution in [2.45, 2.75) is 13.1 Å². The highest BCUT2D eigenvalue weighted by molar-refractivity contribution is 6.31. The summed E-state index contributed by atoms with van der Waals surface area (Å²) < 4.78 is 40.5. The zero-order valence-corrected chi connectivity index (χ0v) is 17.1. The van der Waals surface area contributed by atoms with Crippen LogP contribution in [-0.4, -0.2) is 9.55 Å². The van der Waals surface area contributed by atoms with Crippen LogP contribution in [0.5, 0.6) is 0 Å². The van der Waals surface area contributed by atoms with Gasteiger partial charge in [-0.15, -0.1) is 0 Å². The lowest BCUT2D eigenvalue weighted by atomic mass is 10.1. The molecule has 7 heteroatoms. The van der Waals surface area contributed by atoms with Crippen molar-refractivity contribution >= 4 is 34.7 Å². The summed E-state index contributed by atoms with van der Waals surface area (Å²) >= 11 is 6.26. The molecule has 0 radical (unpaired) electrons. The smallest absolute Gasteiger partial charge is 0.268 e. The highest BCUT2D eigenvalue weighted by Gasteiger charge is 2.30. The monoisotopic (exact) mass is 440 g/mol. The highest BCUT2D eigenvalue weighted by atomic mass is 35.5. The van der Waals surface area contributed by atoms with Gasteiger partial charge in [0.25, 0.3) is 5.56 Å². The fourth-order valence-corrected chi connectivity index (χ4v) is 3.49. The van der Waals surface area contributed by atoms with E-state index in [1.165, 1.54) is 22.8 Å². The van der Waals surface area contributed by atoms with Gasteiger partial charge in [-0.25, -0.2) is 4.98 Å². The van der Waals surface area contributed by atoms with Gasteiger partial charge >= 0.3 is 6.18 Å². The van der Waals surface area contributed by atoms with Crippen LogP contribution < -0.4 is 5.56 Å². The van der Waals surface area contributed by atoms with E-state index in [9.17, 15) is 18.0 Å². The van der Waals surface area contributed by atoms with Crippen molar-refractivity contribution in [1.82, 2.24) is 9.55 Å². The molecule has 4 aromatic rings. The molecule has 0 atom stereocenters. The Bertz CT molecular complexity index is 1370. The topological polar surface area (TPSA) is 34.9 Å². The first kappa shape index (κ1) is 20.9. The maximum atomic E-state index is 13.3. The van der Waals surface area contributed by atoms with E-state index in [0.29, 0.717) is 32.7 Å². The molecule has 1 heterocycles. The van der Waals surface area contributed by atoms with E-state index in [-0.39, 0.29) is 11.4 Å². The molecule has 0 amide bonds. The normalized spacial score (nSPS) is 12.0. The van der Waals surface area contributed by atoms with Gasteiger partial charge in [0, 0.05) is 5.02 Å². The summed E-state index contributed by atoms with van der Waals surface area (Å²) in [7, 11) is 0. The molecular weight excluding hydrogens is 425 g/mol. The molecule has 0 aliphatic carbocycles. The molecule has 0 spiro atoms. The summed E-state index contributed by atoms with van der Waals surface area (Å²) in [6, 6.07) is 17.1. The minimum absolute atomic E-state index is 0.284. The van der Waals surface area contributed by atoms with Crippen LogP contribution in [0.3, 0.4) is 0 Å². The first-order valence-corrected chi connectivity index (χ1v) is 9.76. The Morgan fingerprint density at radius 2 is 1.71 bits per heavy atom. The van der Waals surface area contributed by atoms with E-state index in [4.69, 9.17) is 11.6 Å². The second-order valence-corrected chi connectivity index (χ2v) is 7.38. The predicted octanol–water partition coefficient (Wildman–Crippen LogP) is 6.54. The van der Waals surface area contributed by atoms with E-state index in [1.807, 2.05) is 0 Å². The van der Waals surface area contributed by atoms with E-state index >= 15 is 0 Å². The molecule has 0 fully saturated rings. The maximum absolute atomic E-state index is 13.3. The summed E-state index contributed by atoms with van der Waals surface area (Å²) in [5.74, 6) is 0.284. The number of nitrogens with zero attached hydrogens (tertiary/aromatic N) is 2. The molecule has 0 aliphatic rings. The molecule has 31 heavy (non-hydrogen) atoms. The number of hydrogen-bond donors (Lipinski definition) is 0. The molecular formula is C24H16ClF3N2O. The van der Waals surface area contributed by atoms with Crippen LogP contribution in [0.25, 0.3) is 28.7 Å². The number of benzene rings is 3. The average molecular weight is 441 g/mol. The Kier molecular flexibility index (Phi) is 5.41. The van der Waals surface area contributed by atoms with Crippen molar-refractivity contribution < 1.29 is 13.2 Å². The zero-order valence-electron chi connectivity index (χ0n) is 16.3. The Balaban J connectivity index is 1.93. The van der Waals surface area contributed by atoms with Gasteiger partial charge in [-0.3, -0.25) is 9.36 Å². The van der Waals surface area contributed by atoms with Gasteiger partial charge in [-0.1, -0.05) is 48.0 Å². The van der Waals surface area contributed by atoms with Crippen LogP contribution in [0.1, 0.15) is 22.5 Å². The van der Waals surface area contributed by atoms with Gasteiger partial charge < -0.3 is 0 Å². The second-order valence-electron chi connectivity index (χ2n) is 6.97. The summed E-state index contributed by atoms with van der Waals surface area (Å²) in [6.45, 7) is 1.79. The lowest BCUT2D eigenvalue weighted by Crippen LogP contribution is -2.23. The number of hydrogen-bond acceptors (Lipinski definition) is 2. The molecule has 0 aliphatic heterocycles. The Hall–Kier alpha value is -3.38. The molecule has 0 unspecified atom stereocenters. The van der Waals surface area contributed by atoms with Crippen molar-refractivity contribution in [1.29, 1.82) is 0 Å². The van der Waals surface area contributed by atoms with E-state index in [0.717, 1.165) is 12.1 Å². The van der Waals surface area contributed by atoms with Crippen LogP contribution >= 0.6 is 11.6 Å². The summed E-state index contributed by atoms with van der Waals surface area (Å²) in [4.78, 5) is 17.9. The van der Waals surface area contributed by atoms with Gasteiger partial charge in [-0.2, -0.15) is 13.2 Å². The van der Waals surface area contributed by atoms with Crippen LogP contribution in [0.15, 0.2) is 71.5 Å². The van der Waals surface area contributed by atoms with Gasteiger partial charge in [-0.05, 0) is 60.5 Å². The third-order valence-corrected chi connectivity index (χ3v) is 5.33. The van der Waals surface area contributed by atoms with E-state index in [2.05, 4.69) is 4.98 Å². The van der Waals surface area contributed by atoms with Crippen LogP contribution in [-0.2, 0) is 6.18 Å².